The normalized spacial score (nSPS) is 36.1. The molecule has 3 aliphatic rings. The van der Waals surface area contributed by atoms with E-state index in [-0.39, 0.29) is 5.04 Å². The SMILES string of the molecule is C=C1CC[C@H](O[Si](C)(C)C(C)(C)C)C/C1=C/C=C1\CCC[C@]2(C)[C@@H]([C@@H](C)CC)CC[C@@H]12. The van der Waals surface area contributed by atoms with Crippen molar-refractivity contribution in [2.45, 2.75) is 124 Å². The van der Waals surface area contributed by atoms with Crippen molar-refractivity contribution < 1.29 is 4.43 Å². The van der Waals surface area contributed by atoms with E-state index in [4.69, 9.17) is 4.43 Å². The lowest BCUT2D eigenvalue weighted by molar-refractivity contribution is 0.0961. The van der Waals surface area contributed by atoms with Gasteiger partial charge in [0.1, 0.15) is 0 Å². The highest BCUT2D eigenvalue weighted by Crippen LogP contribution is 2.59. The Balaban J connectivity index is 1.75. The van der Waals surface area contributed by atoms with Crippen LogP contribution < -0.4 is 0 Å². The molecule has 5 atom stereocenters. The van der Waals surface area contributed by atoms with Gasteiger partial charge in [-0.15, -0.1) is 0 Å². The Morgan fingerprint density at radius 3 is 2.52 bits per heavy atom. The van der Waals surface area contributed by atoms with E-state index in [1.807, 2.05) is 0 Å². The van der Waals surface area contributed by atoms with Crippen LogP contribution in [-0.2, 0) is 4.43 Å². The van der Waals surface area contributed by atoms with Crippen molar-refractivity contribution in [2.75, 3.05) is 0 Å². The second-order valence-corrected chi connectivity index (χ2v) is 17.5. The molecule has 0 aliphatic heterocycles. The first-order chi connectivity index (χ1) is 14.4. The minimum atomic E-state index is -1.72. The molecule has 1 nitrogen and oxygen atoms in total. The first-order valence-corrected chi connectivity index (χ1v) is 16.1. The van der Waals surface area contributed by atoms with Crippen LogP contribution in [0.2, 0.25) is 18.1 Å². The van der Waals surface area contributed by atoms with E-state index in [0.29, 0.717) is 11.5 Å². The van der Waals surface area contributed by atoms with Crippen molar-refractivity contribution in [3.8, 4) is 0 Å². The van der Waals surface area contributed by atoms with Gasteiger partial charge < -0.3 is 4.43 Å². The lowest BCUT2D eigenvalue weighted by Gasteiger charge is -2.44. The number of rotatable bonds is 5. The number of fused-ring (bicyclic) bond motifs is 1. The topological polar surface area (TPSA) is 9.23 Å². The molecule has 3 fully saturated rings. The zero-order valence-electron chi connectivity index (χ0n) is 21.9. The van der Waals surface area contributed by atoms with Crippen LogP contribution in [0, 0.1) is 23.2 Å². The summed E-state index contributed by atoms with van der Waals surface area (Å²) in [4.78, 5) is 0. The highest BCUT2D eigenvalue weighted by molar-refractivity contribution is 6.74. The fourth-order valence-corrected chi connectivity index (χ4v) is 7.96. The number of hydrogen-bond donors (Lipinski definition) is 0. The van der Waals surface area contributed by atoms with Crippen molar-refractivity contribution in [2.24, 2.45) is 23.2 Å². The van der Waals surface area contributed by atoms with E-state index < -0.39 is 8.32 Å². The Kier molecular flexibility index (Phi) is 7.54. The van der Waals surface area contributed by atoms with Crippen molar-refractivity contribution in [3.63, 3.8) is 0 Å². The van der Waals surface area contributed by atoms with E-state index >= 15 is 0 Å². The molecule has 0 radical (unpaired) electrons. The van der Waals surface area contributed by atoms with Crippen LogP contribution in [0.1, 0.15) is 99.3 Å². The van der Waals surface area contributed by atoms with Gasteiger partial charge in [-0.1, -0.05) is 77.8 Å². The molecule has 0 unspecified atom stereocenters. The van der Waals surface area contributed by atoms with Crippen molar-refractivity contribution >= 4 is 8.32 Å². The third-order valence-electron chi connectivity index (χ3n) is 9.80. The summed E-state index contributed by atoms with van der Waals surface area (Å²) in [6, 6.07) is 0. The van der Waals surface area contributed by atoms with Crippen molar-refractivity contribution in [3.05, 3.63) is 35.5 Å². The van der Waals surface area contributed by atoms with Crippen LogP contribution in [-0.4, -0.2) is 14.4 Å². The average Bonchev–Trinajstić information content (AvgIpc) is 3.04. The second kappa shape index (κ2) is 9.33. The lowest BCUT2D eigenvalue weighted by atomic mass is 9.61. The summed E-state index contributed by atoms with van der Waals surface area (Å²) >= 11 is 0. The zero-order valence-corrected chi connectivity index (χ0v) is 22.9. The quantitative estimate of drug-likeness (QED) is 0.385. The van der Waals surface area contributed by atoms with Crippen LogP contribution in [0.5, 0.6) is 0 Å². The van der Waals surface area contributed by atoms with Gasteiger partial charge in [0.25, 0.3) is 0 Å². The van der Waals surface area contributed by atoms with Crippen LogP contribution in [0.4, 0.5) is 0 Å². The molecule has 0 N–H and O–H groups in total. The number of hydrogen-bond acceptors (Lipinski definition) is 1. The standard InChI is InChI=1S/C29H50OSi/c1-10-21(2)26-17-18-27-23(12-11-19-29(26,27)7)14-15-24-20-25(16-13-22(24)3)30-31(8,9)28(4,5)6/h14-15,21,25-27H,3,10-13,16-20H2,1-2,4-9H3/b23-14+,24-15-/t21-,25-,26+,27-,29+/m0/s1. The first-order valence-electron chi connectivity index (χ1n) is 13.1. The maximum Gasteiger partial charge on any atom is 0.192 e. The maximum absolute atomic E-state index is 6.79. The third-order valence-corrected chi connectivity index (χ3v) is 14.3. The van der Waals surface area contributed by atoms with Gasteiger partial charge in [0, 0.05) is 6.10 Å². The monoisotopic (exact) mass is 442 g/mol. The predicted octanol–water partition coefficient (Wildman–Crippen LogP) is 9.23. The molecule has 31 heavy (non-hydrogen) atoms. The van der Waals surface area contributed by atoms with Gasteiger partial charge in [0.15, 0.2) is 8.32 Å². The van der Waals surface area contributed by atoms with E-state index in [2.05, 4.69) is 73.4 Å². The Morgan fingerprint density at radius 1 is 1.16 bits per heavy atom. The van der Waals surface area contributed by atoms with E-state index in [0.717, 1.165) is 37.0 Å². The molecular formula is C29H50OSi. The first kappa shape index (κ1) is 25.0. The summed E-state index contributed by atoms with van der Waals surface area (Å²) in [6.45, 7) is 23.7. The molecule has 0 aromatic carbocycles. The van der Waals surface area contributed by atoms with Crippen LogP contribution in [0.15, 0.2) is 35.5 Å². The molecule has 3 saturated carbocycles. The van der Waals surface area contributed by atoms with Crippen LogP contribution in [0.25, 0.3) is 0 Å². The molecular weight excluding hydrogens is 392 g/mol. The van der Waals surface area contributed by atoms with Gasteiger partial charge >= 0.3 is 0 Å². The molecule has 0 spiro atoms. The fourth-order valence-electron chi connectivity index (χ4n) is 6.57. The summed E-state index contributed by atoms with van der Waals surface area (Å²) in [5.74, 6) is 2.57. The molecule has 0 aromatic rings. The van der Waals surface area contributed by atoms with Gasteiger partial charge in [-0.05, 0) is 98.2 Å². The summed E-state index contributed by atoms with van der Waals surface area (Å²) < 4.78 is 6.79. The van der Waals surface area contributed by atoms with Gasteiger partial charge in [-0.3, -0.25) is 0 Å². The molecule has 0 heterocycles. The molecule has 0 aromatic heterocycles. The predicted molar refractivity (Wildman–Crippen MR) is 139 cm³/mol. The Bertz CT molecular complexity index is 722. The number of allylic oxidation sites excluding steroid dienone is 4. The summed E-state index contributed by atoms with van der Waals surface area (Å²) in [7, 11) is -1.72. The smallest absolute Gasteiger partial charge is 0.192 e. The van der Waals surface area contributed by atoms with E-state index in [1.165, 1.54) is 49.7 Å². The molecule has 3 aliphatic carbocycles. The van der Waals surface area contributed by atoms with Gasteiger partial charge in [0.2, 0.25) is 0 Å². The Labute approximate surface area is 194 Å². The second-order valence-electron chi connectivity index (χ2n) is 12.8. The Morgan fingerprint density at radius 2 is 1.87 bits per heavy atom. The largest absolute Gasteiger partial charge is 0.414 e. The highest BCUT2D eigenvalue weighted by Gasteiger charge is 2.50. The minimum Gasteiger partial charge on any atom is -0.414 e. The third kappa shape index (κ3) is 5.16. The Hall–Kier alpha value is -0.603. The summed E-state index contributed by atoms with van der Waals surface area (Å²) in [5.41, 5.74) is 5.04. The van der Waals surface area contributed by atoms with Gasteiger partial charge in [0.05, 0.1) is 0 Å². The van der Waals surface area contributed by atoms with Gasteiger partial charge in [-0.2, -0.15) is 0 Å². The highest BCUT2D eigenvalue weighted by atomic mass is 28.4. The maximum atomic E-state index is 6.79. The van der Waals surface area contributed by atoms with Crippen molar-refractivity contribution in [1.82, 2.24) is 0 Å². The van der Waals surface area contributed by atoms with Gasteiger partial charge in [-0.25, -0.2) is 0 Å². The van der Waals surface area contributed by atoms with Crippen molar-refractivity contribution in [1.29, 1.82) is 0 Å². The molecule has 0 saturated heterocycles. The lowest BCUT2D eigenvalue weighted by Crippen LogP contribution is -2.44. The minimum absolute atomic E-state index is 0.272. The fraction of sp³-hybridized carbons (Fsp3) is 0.793. The molecule has 176 valence electrons. The molecule has 3 rings (SSSR count). The van der Waals surface area contributed by atoms with E-state index in [1.54, 1.807) is 5.57 Å². The average molecular weight is 443 g/mol. The molecule has 2 heteroatoms. The van der Waals surface area contributed by atoms with Crippen LogP contribution >= 0.6 is 0 Å². The van der Waals surface area contributed by atoms with E-state index in [9.17, 15) is 0 Å². The van der Waals surface area contributed by atoms with Crippen LogP contribution in [0.3, 0.4) is 0 Å². The molecule has 0 amide bonds. The summed E-state index contributed by atoms with van der Waals surface area (Å²) in [6.07, 6.45) is 16.9. The molecule has 0 bridgehead atoms. The summed E-state index contributed by atoms with van der Waals surface area (Å²) in [5, 5.41) is 0.272. The zero-order chi connectivity index (χ0) is 23.0.